The van der Waals surface area contributed by atoms with Crippen LogP contribution in [0.3, 0.4) is 0 Å². The van der Waals surface area contributed by atoms with E-state index in [-0.39, 0.29) is 22.2 Å². The molecule has 4 heteroatoms. The Morgan fingerprint density at radius 3 is 2.15 bits per heavy atom. The molecular formula is C16H16ClNO2. The highest BCUT2D eigenvalue weighted by Crippen LogP contribution is 2.29. The Morgan fingerprint density at radius 1 is 1.05 bits per heavy atom. The van der Waals surface area contributed by atoms with E-state index in [0.29, 0.717) is 11.1 Å². The van der Waals surface area contributed by atoms with Gasteiger partial charge in [0.25, 0.3) is 0 Å². The zero-order valence-electron chi connectivity index (χ0n) is 11.5. The van der Waals surface area contributed by atoms with Crippen LogP contribution in [0, 0.1) is 0 Å². The maximum Gasteiger partial charge on any atom is 0.205 e. The van der Waals surface area contributed by atoms with Gasteiger partial charge in [0, 0.05) is 29.8 Å². The summed E-state index contributed by atoms with van der Waals surface area (Å²) in [7, 11) is 0. The van der Waals surface area contributed by atoms with E-state index in [2.05, 4.69) is 0 Å². The molecule has 1 aliphatic rings. The van der Waals surface area contributed by atoms with Crippen molar-refractivity contribution in [3.05, 3.63) is 58.3 Å². The largest absolute Gasteiger partial charge is 0.378 e. The predicted octanol–water partition coefficient (Wildman–Crippen LogP) is 3.41. The molecule has 0 saturated carbocycles. The van der Waals surface area contributed by atoms with Crippen LogP contribution in [0.2, 0.25) is 0 Å². The molecule has 2 rings (SSSR count). The average molecular weight is 290 g/mol. The van der Waals surface area contributed by atoms with Crippen LogP contribution in [0.15, 0.2) is 47.1 Å². The van der Waals surface area contributed by atoms with E-state index in [1.807, 2.05) is 18.7 Å². The summed E-state index contributed by atoms with van der Waals surface area (Å²) in [6, 6.07) is 6.76. The fraction of sp³-hybridized carbons (Fsp3) is 0.250. The molecular weight excluding hydrogens is 274 g/mol. The summed E-state index contributed by atoms with van der Waals surface area (Å²) in [6.07, 6.45) is 3.43. The third-order valence-corrected chi connectivity index (χ3v) is 3.74. The Balaban J connectivity index is 2.42. The first-order valence-corrected chi connectivity index (χ1v) is 6.98. The SMILES string of the molecule is CCN(C=CC1=C(Cl)C(=O)c2ccccc2C1=O)CC. The lowest BCUT2D eigenvalue weighted by atomic mass is 9.89. The number of halogens is 1. The van der Waals surface area contributed by atoms with Crippen LogP contribution in [0.4, 0.5) is 0 Å². The fourth-order valence-corrected chi connectivity index (χ4v) is 2.38. The lowest BCUT2D eigenvalue weighted by molar-refractivity contribution is 0.0983. The number of allylic oxidation sites excluding steroid dienone is 3. The number of hydrogen-bond donors (Lipinski definition) is 0. The minimum Gasteiger partial charge on any atom is -0.378 e. The van der Waals surface area contributed by atoms with Crippen LogP contribution in [-0.4, -0.2) is 29.6 Å². The van der Waals surface area contributed by atoms with Crippen molar-refractivity contribution < 1.29 is 9.59 Å². The van der Waals surface area contributed by atoms with Crippen molar-refractivity contribution in [3.63, 3.8) is 0 Å². The van der Waals surface area contributed by atoms with Crippen LogP contribution in [0.25, 0.3) is 0 Å². The van der Waals surface area contributed by atoms with Gasteiger partial charge in [-0.05, 0) is 26.1 Å². The molecule has 3 nitrogen and oxygen atoms in total. The lowest BCUT2D eigenvalue weighted by Crippen LogP contribution is -2.20. The van der Waals surface area contributed by atoms with Gasteiger partial charge in [-0.25, -0.2) is 0 Å². The molecule has 0 aliphatic heterocycles. The minimum atomic E-state index is -0.291. The fourth-order valence-electron chi connectivity index (χ4n) is 2.13. The van der Waals surface area contributed by atoms with Crippen LogP contribution in [0.1, 0.15) is 34.6 Å². The van der Waals surface area contributed by atoms with Crippen LogP contribution >= 0.6 is 11.6 Å². The molecule has 1 aromatic rings. The van der Waals surface area contributed by atoms with Crippen molar-refractivity contribution in [3.8, 4) is 0 Å². The molecule has 1 aliphatic carbocycles. The number of Topliss-reactive ketones (excluding diaryl/α,β-unsaturated/α-hetero) is 2. The Labute approximate surface area is 123 Å². The molecule has 0 N–H and O–H groups in total. The Bertz CT molecular complexity index is 613. The highest BCUT2D eigenvalue weighted by atomic mass is 35.5. The Morgan fingerprint density at radius 2 is 1.60 bits per heavy atom. The normalized spacial score (nSPS) is 14.9. The molecule has 0 aromatic heterocycles. The topological polar surface area (TPSA) is 37.4 Å². The van der Waals surface area contributed by atoms with E-state index < -0.39 is 0 Å². The second-order valence-electron chi connectivity index (χ2n) is 4.47. The first-order chi connectivity index (χ1) is 9.60. The summed E-state index contributed by atoms with van der Waals surface area (Å²) in [4.78, 5) is 26.6. The Kier molecular flexibility index (Phi) is 4.40. The molecule has 1 aromatic carbocycles. The van der Waals surface area contributed by atoms with E-state index in [0.717, 1.165) is 13.1 Å². The highest BCUT2D eigenvalue weighted by molar-refractivity contribution is 6.50. The van der Waals surface area contributed by atoms with Gasteiger partial charge in [-0.2, -0.15) is 0 Å². The van der Waals surface area contributed by atoms with Crippen molar-refractivity contribution in [2.75, 3.05) is 13.1 Å². The van der Waals surface area contributed by atoms with Crippen LogP contribution in [0.5, 0.6) is 0 Å². The molecule has 0 bridgehead atoms. The zero-order valence-corrected chi connectivity index (χ0v) is 12.3. The number of benzene rings is 1. The number of hydrogen-bond acceptors (Lipinski definition) is 3. The summed E-state index contributed by atoms with van der Waals surface area (Å²) in [6.45, 7) is 5.70. The summed E-state index contributed by atoms with van der Waals surface area (Å²) in [5.74, 6) is -0.491. The number of nitrogens with zero attached hydrogens (tertiary/aromatic N) is 1. The number of ketones is 2. The van der Waals surface area contributed by atoms with E-state index in [9.17, 15) is 9.59 Å². The molecule has 0 atom stereocenters. The maximum absolute atomic E-state index is 12.4. The van der Waals surface area contributed by atoms with Crippen molar-refractivity contribution >= 4 is 23.2 Å². The summed E-state index contributed by atoms with van der Waals surface area (Å²) in [5, 5.41) is -0.00268. The molecule has 104 valence electrons. The molecule has 0 saturated heterocycles. The van der Waals surface area contributed by atoms with Gasteiger partial charge in [-0.15, -0.1) is 0 Å². The smallest absolute Gasteiger partial charge is 0.205 e. The number of carbonyl (C=O) groups is 2. The second kappa shape index (κ2) is 6.06. The van der Waals surface area contributed by atoms with Gasteiger partial charge in [0.15, 0.2) is 5.78 Å². The third kappa shape index (κ3) is 2.54. The Hall–Kier alpha value is -1.87. The van der Waals surface area contributed by atoms with Crippen molar-refractivity contribution in [1.82, 2.24) is 4.90 Å². The summed E-state index contributed by atoms with van der Waals surface area (Å²) in [5.41, 5.74) is 1.06. The van der Waals surface area contributed by atoms with Crippen LogP contribution in [-0.2, 0) is 0 Å². The zero-order chi connectivity index (χ0) is 14.7. The van der Waals surface area contributed by atoms with E-state index >= 15 is 0 Å². The molecule has 0 heterocycles. The quantitative estimate of drug-likeness (QED) is 0.852. The number of rotatable bonds is 4. The molecule has 20 heavy (non-hydrogen) atoms. The van der Waals surface area contributed by atoms with Gasteiger partial charge in [0.05, 0.1) is 5.03 Å². The average Bonchev–Trinajstić information content (AvgIpc) is 2.49. The van der Waals surface area contributed by atoms with Crippen LogP contribution < -0.4 is 0 Å². The molecule has 0 amide bonds. The minimum absolute atomic E-state index is 0.00268. The highest BCUT2D eigenvalue weighted by Gasteiger charge is 2.29. The number of carbonyl (C=O) groups excluding carboxylic acids is 2. The molecule has 0 radical (unpaired) electrons. The third-order valence-electron chi connectivity index (χ3n) is 3.36. The van der Waals surface area contributed by atoms with Crippen molar-refractivity contribution in [2.24, 2.45) is 0 Å². The van der Waals surface area contributed by atoms with Gasteiger partial charge in [0.2, 0.25) is 5.78 Å². The van der Waals surface area contributed by atoms with Gasteiger partial charge >= 0.3 is 0 Å². The second-order valence-corrected chi connectivity index (χ2v) is 4.85. The number of fused-ring (bicyclic) bond motifs is 1. The van der Waals surface area contributed by atoms with Gasteiger partial charge in [-0.3, -0.25) is 9.59 Å². The van der Waals surface area contributed by atoms with Gasteiger partial charge < -0.3 is 4.90 Å². The molecule has 0 spiro atoms. The molecule has 0 fully saturated rings. The summed E-state index contributed by atoms with van der Waals surface area (Å²) >= 11 is 6.07. The maximum atomic E-state index is 12.4. The van der Waals surface area contributed by atoms with E-state index in [4.69, 9.17) is 11.6 Å². The standard InChI is InChI=1S/C16H16ClNO2/c1-3-18(4-2)10-9-13-14(17)16(20)12-8-6-5-7-11(12)15(13)19/h5-10H,3-4H2,1-2H3. The first kappa shape index (κ1) is 14.5. The first-order valence-electron chi connectivity index (χ1n) is 6.60. The summed E-state index contributed by atoms with van der Waals surface area (Å²) < 4.78 is 0. The monoisotopic (exact) mass is 289 g/mol. The van der Waals surface area contributed by atoms with Crippen molar-refractivity contribution in [1.29, 1.82) is 0 Å². The molecule has 0 unspecified atom stereocenters. The van der Waals surface area contributed by atoms with Gasteiger partial charge in [-0.1, -0.05) is 35.9 Å². The van der Waals surface area contributed by atoms with Crippen molar-refractivity contribution in [2.45, 2.75) is 13.8 Å². The lowest BCUT2D eigenvalue weighted by Gasteiger charge is -2.18. The van der Waals surface area contributed by atoms with E-state index in [1.54, 1.807) is 36.5 Å². The predicted molar refractivity (Wildman–Crippen MR) is 80.0 cm³/mol. The van der Waals surface area contributed by atoms with Gasteiger partial charge in [0.1, 0.15) is 0 Å². The van der Waals surface area contributed by atoms with E-state index in [1.165, 1.54) is 0 Å².